The van der Waals surface area contributed by atoms with E-state index < -0.39 is 29.7 Å². The topological polar surface area (TPSA) is 101 Å². The minimum Gasteiger partial charge on any atom is -0.383 e. The first kappa shape index (κ1) is 20.1. The van der Waals surface area contributed by atoms with Crippen molar-refractivity contribution in [2.24, 2.45) is 5.73 Å². The quantitative estimate of drug-likeness (QED) is 0.783. The Kier molecular flexibility index (Phi) is 6.26. The molecule has 0 aliphatic carbocycles. The first-order valence-electron chi connectivity index (χ1n) is 7.92. The number of halogens is 2. The number of hydrogen-bond donors (Lipinski definition) is 2. The molecule has 2 aromatic rings. The summed E-state index contributed by atoms with van der Waals surface area (Å²) in [7, 11) is 1.69. The van der Waals surface area contributed by atoms with E-state index in [0.29, 0.717) is 24.2 Å². The third-order valence-corrected chi connectivity index (χ3v) is 3.89. The fraction of sp³-hybridized carbons (Fsp3) is 0.278. The van der Waals surface area contributed by atoms with Gasteiger partial charge in [0.1, 0.15) is 6.10 Å². The number of likely N-dealkylation sites (tertiary alicyclic amines) is 1. The zero-order chi connectivity index (χ0) is 20.1. The summed E-state index contributed by atoms with van der Waals surface area (Å²) >= 11 is 0. The summed E-state index contributed by atoms with van der Waals surface area (Å²) in [5.74, 6) is 1.28. The van der Waals surface area contributed by atoms with Gasteiger partial charge < -0.3 is 15.7 Å². The summed E-state index contributed by atoms with van der Waals surface area (Å²) < 4.78 is 26.7. The molecule has 1 aromatic heterocycles. The van der Waals surface area contributed by atoms with Crippen LogP contribution in [0.4, 0.5) is 8.78 Å². The Morgan fingerprint density at radius 3 is 2.59 bits per heavy atom. The van der Waals surface area contributed by atoms with Gasteiger partial charge in [0.25, 0.3) is 18.2 Å². The number of rotatable bonds is 3. The molecule has 1 saturated heterocycles. The van der Waals surface area contributed by atoms with Crippen molar-refractivity contribution in [1.82, 2.24) is 14.7 Å². The lowest BCUT2D eigenvalue weighted by molar-refractivity contribution is -0.133. The van der Waals surface area contributed by atoms with Crippen molar-refractivity contribution in [2.75, 3.05) is 13.6 Å². The van der Waals surface area contributed by atoms with Crippen molar-refractivity contribution < 1.29 is 23.5 Å². The van der Waals surface area contributed by atoms with Crippen LogP contribution in [0.3, 0.4) is 0 Å². The molecule has 27 heavy (non-hydrogen) atoms. The maximum atomic E-state index is 12.8. The molecule has 9 heteroatoms. The van der Waals surface area contributed by atoms with Crippen molar-refractivity contribution >= 4 is 11.8 Å². The second-order valence-corrected chi connectivity index (χ2v) is 5.80. The van der Waals surface area contributed by atoms with Gasteiger partial charge in [-0.15, -0.1) is 6.42 Å². The van der Waals surface area contributed by atoms with Crippen LogP contribution >= 0.6 is 0 Å². The van der Waals surface area contributed by atoms with E-state index in [1.807, 2.05) is 0 Å². The molecule has 7 nitrogen and oxygen atoms in total. The van der Waals surface area contributed by atoms with Crippen LogP contribution in [-0.4, -0.2) is 51.3 Å². The molecule has 1 fully saturated rings. The van der Waals surface area contributed by atoms with Crippen LogP contribution in [0.2, 0.25) is 0 Å². The number of carbonyl (C=O) groups is 2. The molecule has 3 N–H and O–H groups in total. The molecular formula is C18H18F2N4O3. The second kappa shape index (κ2) is 8.42. The first-order valence-corrected chi connectivity index (χ1v) is 7.92. The number of aromatic nitrogens is 2. The number of primary amides is 1. The van der Waals surface area contributed by atoms with Crippen LogP contribution in [0, 0.1) is 12.3 Å². The fourth-order valence-corrected chi connectivity index (χ4v) is 2.41. The van der Waals surface area contributed by atoms with Gasteiger partial charge >= 0.3 is 0 Å². The van der Waals surface area contributed by atoms with Crippen LogP contribution in [0.5, 0.6) is 0 Å². The number of hydrogen-bond acceptors (Lipinski definition) is 4. The molecule has 1 atom stereocenters. The number of alkyl halides is 2. The maximum Gasteiger partial charge on any atom is 0.269 e. The van der Waals surface area contributed by atoms with E-state index in [4.69, 9.17) is 17.3 Å². The van der Waals surface area contributed by atoms with Crippen LogP contribution in [0.25, 0.3) is 5.69 Å². The summed E-state index contributed by atoms with van der Waals surface area (Å²) in [6.07, 6.45) is 3.37. The smallest absolute Gasteiger partial charge is 0.269 e. The van der Waals surface area contributed by atoms with Crippen molar-refractivity contribution in [3.8, 4) is 18.0 Å². The fourth-order valence-electron chi connectivity index (χ4n) is 2.41. The van der Waals surface area contributed by atoms with Crippen molar-refractivity contribution in [3.63, 3.8) is 0 Å². The minimum atomic E-state index is -2.83. The molecule has 0 bridgehead atoms. The summed E-state index contributed by atoms with van der Waals surface area (Å²) in [6.45, 7) is 0.694. The average molecular weight is 376 g/mol. The van der Waals surface area contributed by atoms with Gasteiger partial charge in [0.2, 0.25) is 0 Å². The molecule has 2 amide bonds. The molecule has 0 saturated carbocycles. The Morgan fingerprint density at radius 1 is 1.48 bits per heavy atom. The van der Waals surface area contributed by atoms with E-state index in [1.54, 1.807) is 31.3 Å². The van der Waals surface area contributed by atoms with Gasteiger partial charge in [-0.25, -0.2) is 13.5 Å². The lowest BCUT2D eigenvalue weighted by Crippen LogP contribution is -2.24. The number of likely N-dealkylation sites (N-methyl/N-ethyl adjacent to an activating group) is 1. The van der Waals surface area contributed by atoms with Crippen LogP contribution in [-0.2, 0) is 4.79 Å². The highest BCUT2D eigenvalue weighted by Crippen LogP contribution is 2.23. The number of benzene rings is 1. The maximum absolute atomic E-state index is 12.8. The second-order valence-electron chi connectivity index (χ2n) is 5.80. The van der Waals surface area contributed by atoms with Gasteiger partial charge in [-0.1, -0.05) is 12.0 Å². The largest absolute Gasteiger partial charge is 0.383 e. The molecule has 3 rings (SSSR count). The van der Waals surface area contributed by atoms with E-state index in [2.05, 4.69) is 11.0 Å². The number of carbonyl (C=O) groups excluding carboxylic acids is 2. The summed E-state index contributed by atoms with van der Waals surface area (Å²) in [5.41, 5.74) is 5.13. The Labute approximate surface area is 154 Å². The standard InChI is InChI=1S/C13H9F2N3O.C5H9NO2/c1-2-8-4-3-5-9(6-8)18-7-10(12(14)15)11(17-18)13(16)19;1-6-3-2-4(7)5(6)8/h1,3-7,12H,(H2,16,19);4,7H,2-3H2,1H3. The zero-order valence-electron chi connectivity index (χ0n) is 14.5. The monoisotopic (exact) mass is 376 g/mol. The number of aliphatic hydroxyl groups excluding tert-OH is 1. The Balaban J connectivity index is 0.000000273. The molecule has 0 spiro atoms. The van der Waals surface area contributed by atoms with Crippen molar-refractivity contribution in [3.05, 3.63) is 47.3 Å². The molecule has 2 heterocycles. The van der Waals surface area contributed by atoms with Crippen molar-refractivity contribution in [2.45, 2.75) is 19.0 Å². The lowest BCUT2D eigenvalue weighted by Gasteiger charge is -2.04. The molecule has 1 unspecified atom stereocenters. The lowest BCUT2D eigenvalue weighted by atomic mass is 10.2. The highest BCUT2D eigenvalue weighted by atomic mass is 19.3. The van der Waals surface area contributed by atoms with Gasteiger partial charge in [0.15, 0.2) is 5.69 Å². The molecule has 1 aliphatic heterocycles. The van der Waals surface area contributed by atoms with Crippen LogP contribution < -0.4 is 5.73 Å². The summed E-state index contributed by atoms with van der Waals surface area (Å²) in [6, 6.07) is 6.58. The third-order valence-electron chi connectivity index (χ3n) is 3.89. The average Bonchev–Trinajstić information content (AvgIpc) is 3.22. The molecular weight excluding hydrogens is 358 g/mol. The van der Waals surface area contributed by atoms with Gasteiger partial charge in [-0.05, 0) is 24.6 Å². The highest BCUT2D eigenvalue weighted by molar-refractivity contribution is 5.92. The van der Waals surface area contributed by atoms with Gasteiger partial charge in [0.05, 0.1) is 11.3 Å². The first-order chi connectivity index (χ1) is 12.7. The number of aliphatic hydroxyl groups is 1. The van der Waals surface area contributed by atoms with Gasteiger partial charge in [-0.2, -0.15) is 5.10 Å². The van der Waals surface area contributed by atoms with E-state index >= 15 is 0 Å². The van der Waals surface area contributed by atoms with E-state index in [-0.39, 0.29) is 5.91 Å². The number of terminal acetylenes is 1. The highest BCUT2D eigenvalue weighted by Gasteiger charge is 2.26. The van der Waals surface area contributed by atoms with Crippen LogP contribution in [0.1, 0.15) is 34.5 Å². The SMILES string of the molecule is C#Cc1cccc(-n2cc(C(F)F)c(C(N)=O)n2)c1.CN1CCC(O)C1=O. The Morgan fingerprint density at radius 2 is 2.19 bits per heavy atom. The Hall–Kier alpha value is -3.25. The number of nitrogens with zero attached hydrogens (tertiary/aromatic N) is 3. The number of amides is 2. The van der Waals surface area contributed by atoms with Gasteiger partial charge in [-0.3, -0.25) is 9.59 Å². The third kappa shape index (κ3) is 4.68. The van der Waals surface area contributed by atoms with E-state index in [1.165, 1.54) is 4.90 Å². The summed E-state index contributed by atoms with van der Waals surface area (Å²) in [4.78, 5) is 23.2. The molecule has 1 aliphatic rings. The van der Waals surface area contributed by atoms with Crippen molar-refractivity contribution in [1.29, 1.82) is 0 Å². The minimum absolute atomic E-state index is 0.148. The zero-order valence-corrected chi connectivity index (χ0v) is 14.5. The Bertz CT molecular complexity index is 877. The molecule has 1 aromatic carbocycles. The predicted octanol–water partition coefficient (Wildman–Crippen LogP) is 1.10. The number of nitrogens with two attached hydrogens (primary N) is 1. The molecule has 142 valence electrons. The summed E-state index contributed by atoms with van der Waals surface area (Å²) in [5, 5.41) is 12.5. The van der Waals surface area contributed by atoms with E-state index in [9.17, 15) is 18.4 Å². The predicted molar refractivity (Wildman–Crippen MR) is 93.2 cm³/mol. The molecule has 0 radical (unpaired) electrons. The normalized spacial score (nSPS) is 16.1. The van der Waals surface area contributed by atoms with Gasteiger partial charge in [0, 0.05) is 25.4 Å². The van der Waals surface area contributed by atoms with Crippen LogP contribution in [0.15, 0.2) is 30.5 Å². The van der Waals surface area contributed by atoms with E-state index in [0.717, 1.165) is 10.9 Å².